The molecule has 4 heteroatoms. The number of nitrogens with zero attached hydrogens (tertiary/aromatic N) is 1. The monoisotopic (exact) mass is 226 g/mol. The van der Waals surface area contributed by atoms with Crippen LogP contribution in [0.25, 0.3) is 0 Å². The lowest BCUT2D eigenvalue weighted by Crippen LogP contribution is -2.31. The lowest BCUT2D eigenvalue weighted by atomic mass is 10.2. The molecule has 0 atom stereocenters. The third kappa shape index (κ3) is 4.00. The van der Waals surface area contributed by atoms with Gasteiger partial charge in [0.05, 0.1) is 17.1 Å². The molecule has 0 aliphatic carbocycles. The van der Waals surface area contributed by atoms with Crippen LogP contribution in [0.3, 0.4) is 0 Å². The van der Waals surface area contributed by atoms with E-state index < -0.39 is 0 Å². The van der Waals surface area contributed by atoms with Crippen molar-refractivity contribution in [2.75, 3.05) is 0 Å². The first kappa shape index (κ1) is 12.2. The minimum absolute atomic E-state index is 0.0469. The number of aromatic nitrogens is 1. The maximum Gasteiger partial charge on any atom is 0.226 e. The summed E-state index contributed by atoms with van der Waals surface area (Å²) < 4.78 is 0. The van der Waals surface area contributed by atoms with Crippen LogP contribution in [0.15, 0.2) is 5.38 Å². The van der Waals surface area contributed by atoms with Crippen LogP contribution >= 0.6 is 11.3 Å². The number of hydrogen-bond acceptors (Lipinski definition) is 3. The molecule has 0 saturated carbocycles. The fourth-order valence-corrected chi connectivity index (χ4v) is 2.04. The van der Waals surface area contributed by atoms with Crippen LogP contribution in [0.4, 0.5) is 0 Å². The van der Waals surface area contributed by atoms with Gasteiger partial charge in [-0.1, -0.05) is 13.8 Å². The van der Waals surface area contributed by atoms with E-state index in [1.165, 1.54) is 0 Å². The Hall–Kier alpha value is -0.900. The molecule has 0 aromatic carbocycles. The van der Waals surface area contributed by atoms with Gasteiger partial charge >= 0.3 is 0 Å². The molecular formula is C11H18N2OS. The van der Waals surface area contributed by atoms with Gasteiger partial charge < -0.3 is 5.32 Å². The topological polar surface area (TPSA) is 42.0 Å². The summed E-state index contributed by atoms with van der Waals surface area (Å²) in [5, 5.41) is 5.92. The van der Waals surface area contributed by atoms with Gasteiger partial charge in [-0.15, -0.1) is 11.3 Å². The van der Waals surface area contributed by atoms with E-state index in [-0.39, 0.29) is 11.9 Å². The highest BCUT2D eigenvalue weighted by atomic mass is 32.1. The maximum atomic E-state index is 11.5. The van der Waals surface area contributed by atoms with Gasteiger partial charge in [0.1, 0.15) is 0 Å². The molecule has 1 aromatic heterocycles. The summed E-state index contributed by atoms with van der Waals surface area (Å²) in [5.41, 5.74) is 0.877. The van der Waals surface area contributed by atoms with E-state index in [1.54, 1.807) is 11.3 Å². The van der Waals surface area contributed by atoms with E-state index in [0.29, 0.717) is 12.3 Å². The largest absolute Gasteiger partial charge is 0.354 e. The number of nitrogens with one attached hydrogen (secondary N) is 1. The van der Waals surface area contributed by atoms with E-state index >= 15 is 0 Å². The minimum atomic E-state index is 0.0469. The smallest absolute Gasteiger partial charge is 0.226 e. The van der Waals surface area contributed by atoms with Gasteiger partial charge in [0.25, 0.3) is 0 Å². The van der Waals surface area contributed by atoms with Gasteiger partial charge in [0.15, 0.2) is 0 Å². The van der Waals surface area contributed by atoms with Crippen molar-refractivity contribution >= 4 is 17.2 Å². The lowest BCUT2D eigenvalue weighted by molar-refractivity contribution is -0.120. The van der Waals surface area contributed by atoms with Crippen molar-refractivity contribution in [3.63, 3.8) is 0 Å². The molecule has 1 amide bonds. The van der Waals surface area contributed by atoms with Crippen molar-refractivity contribution in [1.82, 2.24) is 10.3 Å². The van der Waals surface area contributed by atoms with Crippen LogP contribution < -0.4 is 5.32 Å². The Labute approximate surface area is 94.9 Å². The van der Waals surface area contributed by atoms with Crippen LogP contribution in [0.5, 0.6) is 0 Å². The summed E-state index contributed by atoms with van der Waals surface area (Å²) in [6, 6.07) is 0.195. The van der Waals surface area contributed by atoms with Crippen LogP contribution in [-0.4, -0.2) is 16.9 Å². The normalized spacial score (nSPS) is 11.1. The molecule has 0 unspecified atom stereocenters. The lowest BCUT2D eigenvalue weighted by Gasteiger charge is -2.06. The highest BCUT2D eigenvalue weighted by molar-refractivity contribution is 7.09. The number of carbonyl (C=O) groups is 1. The van der Waals surface area contributed by atoms with Crippen molar-refractivity contribution in [3.8, 4) is 0 Å². The Morgan fingerprint density at radius 2 is 2.13 bits per heavy atom. The molecule has 1 N–H and O–H groups in total. The second-order valence-corrected chi connectivity index (χ2v) is 5.12. The maximum absolute atomic E-state index is 11.5. The molecule has 84 valence electrons. The van der Waals surface area contributed by atoms with E-state index in [9.17, 15) is 4.79 Å². The van der Waals surface area contributed by atoms with Crippen LogP contribution in [-0.2, 0) is 11.2 Å². The quantitative estimate of drug-likeness (QED) is 0.856. The average molecular weight is 226 g/mol. The van der Waals surface area contributed by atoms with E-state index in [2.05, 4.69) is 24.1 Å². The predicted octanol–water partition coefficient (Wildman–Crippen LogP) is 2.33. The van der Waals surface area contributed by atoms with Crippen molar-refractivity contribution in [3.05, 3.63) is 16.1 Å². The predicted molar refractivity (Wildman–Crippen MR) is 63.2 cm³/mol. The summed E-state index contributed by atoms with van der Waals surface area (Å²) in [5.74, 6) is 0.488. The summed E-state index contributed by atoms with van der Waals surface area (Å²) in [6.45, 7) is 8.13. The van der Waals surface area contributed by atoms with Gasteiger partial charge in [-0.2, -0.15) is 0 Å². The summed E-state index contributed by atoms with van der Waals surface area (Å²) >= 11 is 1.63. The molecule has 0 spiro atoms. The zero-order chi connectivity index (χ0) is 11.4. The fraction of sp³-hybridized carbons (Fsp3) is 0.636. The molecule has 0 saturated heterocycles. The molecule has 0 radical (unpaired) electrons. The zero-order valence-corrected chi connectivity index (χ0v) is 10.5. The molecule has 1 aromatic rings. The second-order valence-electron chi connectivity index (χ2n) is 4.23. The number of thiazole rings is 1. The van der Waals surface area contributed by atoms with Gasteiger partial charge in [-0.25, -0.2) is 4.98 Å². The van der Waals surface area contributed by atoms with E-state index in [1.807, 2.05) is 19.2 Å². The van der Waals surface area contributed by atoms with Gasteiger partial charge in [0.2, 0.25) is 5.91 Å². The first-order valence-corrected chi connectivity index (χ1v) is 6.10. The second kappa shape index (κ2) is 5.26. The molecule has 0 aliphatic rings. The number of carbonyl (C=O) groups excluding carboxylic acids is 1. The van der Waals surface area contributed by atoms with Crippen LogP contribution in [0.2, 0.25) is 0 Å². The summed E-state index contributed by atoms with van der Waals surface area (Å²) in [6.07, 6.45) is 0.390. The molecule has 3 nitrogen and oxygen atoms in total. The summed E-state index contributed by atoms with van der Waals surface area (Å²) in [4.78, 5) is 15.9. The number of amides is 1. The average Bonchev–Trinajstić information content (AvgIpc) is 2.50. The van der Waals surface area contributed by atoms with Crippen molar-refractivity contribution in [2.24, 2.45) is 0 Å². The standard InChI is InChI=1S/C11H18N2OS/c1-7(2)11-13-9(6-15-11)5-10(14)12-8(3)4/h6-8H,5H2,1-4H3,(H,12,14). The SMILES string of the molecule is CC(C)NC(=O)Cc1csc(C(C)C)n1. The van der Waals surface area contributed by atoms with Gasteiger partial charge in [0, 0.05) is 17.3 Å². The Balaban J connectivity index is 2.53. The number of rotatable bonds is 4. The van der Waals surface area contributed by atoms with Crippen molar-refractivity contribution in [1.29, 1.82) is 0 Å². The van der Waals surface area contributed by atoms with Crippen molar-refractivity contribution in [2.45, 2.75) is 46.1 Å². The molecule has 1 rings (SSSR count). The Morgan fingerprint density at radius 3 is 2.60 bits per heavy atom. The van der Waals surface area contributed by atoms with E-state index in [0.717, 1.165) is 10.7 Å². The Morgan fingerprint density at radius 1 is 1.47 bits per heavy atom. The highest BCUT2D eigenvalue weighted by Crippen LogP contribution is 2.19. The van der Waals surface area contributed by atoms with Crippen molar-refractivity contribution < 1.29 is 4.79 Å². The third-order valence-corrected chi connectivity index (χ3v) is 3.05. The molecule has 0 bridgehead atoms. The molecule has 1 heterocycles. The van der Waals surface area contributed by atoms with Crippen LogP contribution in [0, 0.1) is 0 Å². The van der Waals surface area contributed by atoms with Gasteiger partial charge in [-0.3, -0.25) is 4.79 Å². The molecule has 15 heavy (non-hydrogen) atoms. The zero-order valence-electron chi connectivity index (χ0n) is 9.70. The Bertz CT molecular complexity index is 331. The van der Waals surface area contributed by atoms with Crippen LogP contribution in [0.1, 0.15) is 44.3 Å². The highest BCUT2D eigenvalue weighted by Gasteiger charge is 2.09. The van der Waals surface area contributed by atoms with Gasteiger partial charge in [-0.05, 0) is 13.8 Å². The first-order valence-electron chi connectivity index (χ1n) is 5.22. The molecular weight excluding hydrogens is 208 g/mol. The fourth-order valence-electron chi connectivity index (χ4n) is 1.21. The minimum Gasteiger partial charge on any atom is -0.354 e. The third-order valence-electron chi connectivity index (χ3n) is 1.85. The number of hydrogen-bond donors (Lipinski definition) is 1. The summed E-state index contributed by atoms with van der Waals surface area (Å²) in [7, 11) is 0. The first-order chi connectivity index (χ1) is 6.99. The Kier molecular flexibility index (Phi) is 4.27. The van der Waals surface area contributed by atoms with E-state index in [4.69, 9.17) is 0 Å². The molecule has 0 aliphatic heterocycles. The molecule has 0 fully saturated rings.